The van der Waals surface area contributed by atoms with Crippen LogP contribution in [-0.2, 0) is 63.3 Å². The number of carboxylic acid groups (broad SMARTS) is 1. The third-order valence-electron chi connectivity index (χ3n) is 15.0. The van der Waals surface area contributed by atoms with Crippen molar-refractivity contribution in [1.82, 2.24) is 26.2 Å². The minimum atomic E-state index is -1.08. The van der Waals surface area contributed by atoms with E-state index in [0.29, 0.717) is 41.9 Å². The Bertz CT molecular complexity index is 2980. The summed E-state index contributed by atoms with van der Waals surface area (Å²) in [7, 11) is 3.26. The van der Waals surface area contributed by atoms with E-state index in [1.54, 1.807) is 87.5 Å². The number of hydrogen-bond donors (Lipinski definition) is 7. The summed E-state index contributed by atoms with van der Waals surface area (Å²) in [6.45, 7) is 26.0. The zero-order valence-corrected chi connectivity index (χ0v) is 51.6. The summed E-state index contributed by atoms with van der Waals surface area (Å²) in [5.74, 6) is -3.72. The molecule has 0 aliphatic rings. The number of carbonyl (C=O) groups is 8. The van der Waals surface area contributed by atoms with Gasteiger partial charge < -0.3 is 46.2 Å². The molecule has 0 aliphatic heterocycles. The first-order valence-electron chi connectivity index (χ1n) is 28.8. The van der Waals surface area contributed by atoms with Gasteiger partial charge in [0.15, 0.2) is 0 Å². The lowest BCUT2D eigenvalue weighted by Gasteiger charge is -2.40. The molecule has 7 N–H and O–H groups in total. The topological polar surface area (TPSA) is 245 Å². The van der Waals surface area contributed by atoms with Crippen LogP contribution in [0.4, 0.5) is 21.9 Å². The molecule has 454 valence electrons. The number of nitrogens with one attached hydrogen (secondary N) is 6. The number of aliphatic carboxylic acids is 1. The predicted octanol–water partition coefficient (Wildman–Crippen LogP) is 9.93. The Kier molecular flexibility index (Phi) is 25.7. The Hall–Kier alpha value is -8.12. The summed E-state index contributed by atoms with van der Waals surface area (Å²) in [6.07, 6.45) is 4.58. The van der Waals surface area contributed by atoms with E-state index in [1.807, 2.05) is 97.0 Å². The number of nitrogens with zero attached hydrogens (tertiary/aromatic N) is 2. The molecular weight excluding hydrogens is 1060 g/mol. The summed E-state index contributed by atoms with van der Waals surface area (Å²) < 4.78 is 5.53. The molecule has 0 saturated carbocycles. The predicted molar refractivity (Wildman–Crippen MR) is 332 cm³/mol. The number of carboxylic acids is 1. The molecule has 0 bridgehead atoms. The quantitative estimate of drug-likeness (QED) is 0.0199. The maximum atomic E-state index is 14.2. The number of anilines is 3. The highest BCUT2D eigenvalue weighted by atomic mass is 16.5. The molecule has 18 nitrogen and oxygen atoms in total. The summed E-state index contributed by atoms with van der Waals surface area (Å²) in [6, 6.07) is 25.1. The van der Waals surface area contributed by atoms with Crippen LogP contribution in [0.25, 0.3) is 6.08 Å². The highest BCUT2D eigenvalue weighted by Gasteiger charge is 2.42. The van der Waals surface area contributed by atoms with Gasteiger partial charge in [0.25, 0.3) is 0 Å². The highest BCUT2D eigenvalue weighted by molar-refractivity contribution is 5.99. The first-order chi connectivity index (χ1) is 39.5. The van der Waals surface area contributed by atoms with Gasteiger partial charge in [-0.2, -0.15) is 0 Å². The molecule has 0 radical (unpaired) electrons. The molecule has 4 aromatic rings. The van der Waals surface area contributed by atoms with Crippen molar-refractivity contribution in [2.45, 2.75) is 164 Å². The number of unbranched alkanes of at least 4 members (excludes halogenated alkanes) is 1. The van der Waals surface area contributed by atoms with Gasteiger partial charge in [0.1, 0.15) is 24.7 Å². The van der Waals surface area contributed by atoms with Crippen molar-refractivity contribution < 1.29 is 48.2 Å². The molecule has 0 aromatic heterocycles. The Morgan fingerprint density at radius 1 is 0.702 bits per heavy atom. The van der Waals surface area contributed by atoms with Gasteiger partial charge in [0.2, 0.25) is 35.4 Å². The minimum absolute atomic E-state index is 0.0732. The van der Waals surface area contributed by atoms with Gasteiger partial charge >= 0.3 is 12.1 Å². The Balaban J connectivity index is 1.28. The molecule has 0 saturated heterocycles. The maximum Gasteiger partial charge on any atom is 0.411 e. The second-order valence-corrected chi connectivity index (χ2v) is 23.6. The van der Waals surface area contributed by atoms with Gasteiger partial charge in [0.05, 0.1) is 24.3 Å². The van der Waals surface area contributed by atoms with Crippen LogP contribution in [0.5, 0.6) is 0 Å². The molecule has 5 atom stereocenters. The summed E-state index contributed by atoms with van der Waals surface area (Å²) in [5, 5.41) is 26.7. The van der Waals surface area contributed by atoms with Crippen molar-refractivity contribution >= 4 is 70.6 Å². The normalized spacial score (nSPS) is 13.5. The third kappa shape index (κ3) is 19.5. The number of rotatable bonds is 29. The van der Waals surface area contributed by atoms with Crippen molar-refractivity contribution in [2.75, 3.05) is 29.6 Å². The van der Waals surface area contributed by atoms with Crippen LogP contribution < -0.4 is 36.8 Å². The molecule has 0 aliphatic carbocycles. The summed E-state index contributed by atoms with van der Waals surface area (Å²) >= 11 is 0. The lowest BCUT2D eigenvalue weighted by molar-refractivity contribution is -0.141. The third-order valence-corrected chi connectivity index (χ3v) is 15.0. The molecule has 0 heterocycles. The number of hydrogen-bond acceptors (Lipinski definition) is 10. The lowest BCUT2D eigenvalue weighted by Crippen LogP contribution is -2.61. The van der Waals surface area contributed by atoms with E-state index in [2.05, 4.69) is 51.5 Å². The molecule has 1 unspecified atom stereocenters. The fourth-order valence-corrected chi connectivity index (χ4v) is 9.81. The molecule has 7 amide bonds. The van der Waals surface area contributed by atoms with E-state index >= 15 is 0 Å². The first kappa shape index (κ1) is 68.4. The molecule has 0 fully saturated rings. The van der Waals surface area contributed by atoms with Crippen molar-refractivity contribution in [3.8, 4) is 0 Å². The average Bonchev–Trinajstić information content (AvgIpc) is 2.75. The first-order valence-corrected chi connectivity index (χ1v) is 28.8. The molecule has 4 rings (SSSR count). The second-order valence-electron chi connectivity index (χ2n) is 23.6. The van der Waals surface area contributed by atoms with Gasteiger partial charge in [-0.05, 0) is 116 Å². The summed E-state index contributed by atoms with van der Waals surface area (Å²) in [5.41, 5.74) is 4.51. The number of carbonyl (C=O) groups excluding carboxylic acids is 7. The Labute approximate surface area is 497 Å². The van der Waals surface area contributed by atoms with Crippen LogP contribution >= 0.6 is 0 Å². The molecule has 0 spiro atoms. The van der Waals surface area contributed by atoms with Crippen LogP contribution in [0.2, 0.25) is 0 Å². The standard InChI is InChI=1S/C66H90N8O10/c1-16-46-25-18-19-27-48(46)39-74(52-30-21-20-26-47(52)17-2)55(76)32-23-22-31-54(75)71-56(42(5)6)60(78)68-44(8)59(77)69-50-35-33-45(34-36-50)40-84-64(83)70-51-29-24-28-49(38-51)66(12,13)57(67-14)61(79)72-58(65(9,10)11)62(80)73(15)53(41(3)4)37-43(7)63(81)82/h17-21,24-30,33-38,41-42,44,53,56-58,67H,2,16,22-23,31-32,39-40H2,1,3-15H3,(H,68,78)(H,69,77)(H,70,83)(H,71,75)(H,72,79)(H,81,82)/b43-37+/t44-,53+,56-,57?,58+/m0/s1. The number of aryl methyl sites for hydroxylation is 1. The number of para-hydroxylation sites is 1. The largest absolute Gasteiger partial charge is 0.478 e. The van der Waals surface area contributed by atoms with Gasteiger partial charge in [-0.1, -0.05) is 155 Å². The van der Waals surface area contributed by atoms with E-state index in [4.69, 9.17) is 4.74 Å². The van der Waals surface area contributed by atoms with Crippen LogP contribution in [0.15, 0.2) is 115 Å². The van der Waals surface area contributed by atoms with E-state index < -0.39 is 70.8 Å². The van der Waals surface area contributed by atoms with Crippen LogP contribution in [-0.4, -0.2) is 102 Å². The fraction of sp³-hybridized carbons (Fsp3) is 0.455. The summed E-state index contributed by atoms with van der Waals surface area (Å²) in [4.78, 5) is 110. The van der Waals surface area contributed by atoms with Crippen molar-refractivity contribution in [1.29, 1.82) is 0 Å². The average molecular weight is 1160 g/mol. The maximum absolute atomic E-state index is 14.2. The van der Waals surface area contributed by atoms with E-state index in [0.717, 1.165) is 28.8 Å². The monoisotopic (exact) mass is 1150 g/mol. The number of likely N-dealkylation sites (N-methyl/N-ethyl adjacent to an activating group) is 2. The number of ether oxygens (including phenoxy) is 1. The van der Waals surface area contributed by atoms with Gasteiger partial charge in [-0.25, -0.2) is 9.59 Å². The van der Waals surface area contributed by atoms with Crippen LogP contribution in [0.1, 0.15) is 137 Å². The highest BCUT2D eigenvalue weighted by Crippen LogP contribution is 2.32. The van der Waals surface area contributed by atoms with Crippen molar-refractivity contribution in [2.24, 2.45) is 17.3 Å². The molecule has 84 heavy (non-hydrogen) atoms. The van der Waals surface area contributed by atoms with Gasteiger partial charge in [0, 0.05) is 42.3 Å². The number of benzene rings is 4. The molecule has 4 aromatic carbocycles. The zero-order chi connectivity index (χ0) is 62.6. The smallest absolute Gasteiger partial charge is 0.411 e. The Morgan fingerprint density at radius 3 is 1.93 bits per heavy atom. The van der Waals surface area contributed by atoms with Gasteiger partial charge in [-0.3, -0.25) is 34.1 Å². The number of amides is 7. The Morgan fingerprint density at radius 2 is 1.33 bits per heavy atom. The van der Waals surface area contributed by atoms with Crippen molar-refractivity contribution in [3.05, 3.63) is 143 Å². The zero-order valence-electron chi connectivity index (χ0n) is 51.6. The SMILES string of the molecule is C=Cc1ccccc1N(Cc1ccccc1CC)C(=O)CCCCC(=O)N[C@H](C(=O)N[C@@H](C)C(=O)Nc1ccc(COC(=O)Nc2cccc(C(C)(C)C(NC)C(=O)N[C@H](C(=O)N(C)[C@H](/C=C(\C)C(=O)O)C(C)C)C(C)(C)C)c2)cc1)C(C)C. The fourth-order valence-electron chi connectivity index (χ4n) is 9.81. The van der Waals surface area contributed by atoms with E-state index in [-0.39, 0.29) is 54.6 Å². The van der Waals surface area contributed by atoms with E-state index in [9.17, 15) is 43.5 Å². The molecule has 18 heteroatoms. The molecular formula is C66H90N8O10. The van der Waals surface area contributed by atoms with Crippen LogP contribution in [0, 0.1) is 17.3 Å². The lowest BCUT2D eigenvalue weighted by atomic mass is 9.76. The van der Waals surface area contributed by atoms with Crippen molar-refractivity contribution in [3.63, 3.8) is 0 Å². The second kappa shape index (κ2) is 31.5. The minimum Gasteiger partial charge on any atom is -0.478 e. The van der Waals surface area contributed by atoms with Crippen LogP contribution in [0.3, 0.4) is 0 Å². The van der Waals surface area contributed by atoms with Gasteiger partial charge in [-0.15, -0.1) is 0 Å². The van der Waals surface area contributed by atoms with E-state index in [1.165, 1.54) is 18.7 Å².